The molecule has 1 fully saturated rings. The molecule has 0 aliphatic carbocycles. The molecule has 0 radical (unpaired) electrons. The summed E-state index contributed by atoms with van der Waals surface area (Å²) in [6.45, 7) is 4.36. The van der Waals surface area contributed by atoms with E-state index in [1.54, 1.807) is 0 Å². The number of hydrogen-bond acceptors (Lipinski definition) is 3. The molecule has 1 amide bonds. The van der Waals surface area contributed by atoms with Crippen LogP contribution in [-0.2, 0) is 9.53 Å². The van der Waals surface area contributed by atoms with Crippen molar-refractivity contribution in [1.82, 2.24) is 5.32 Å². The maximum atomic E-state index is 12.0. The fourth-order valence-corrected chi connectivity index (χ4v) is 2.65. The largest absolute Gasteiger partial charge is 0.381 e. The van der Waals surface area contributed by atoms with Gasteiger partial charge in [0.05, 0.1) is 0 Å². The summed E-state index contributed by atoms with van der Waals surface area (Å²) in [5, 5.41) is 2.91. The maximum Gasteiger partial charge on any atom is 0.220 e. The first-order valence-electron chi connectivity index (χ1n) is 8.09. The third-order valence-corrected chi connectivity index (χ3v) is 4.17. The number of ether oxygens (including phenoxy) is 1. The van der Waals surface area contributed by atoms with Crippen LogP contribution in [0.4, 0.5) is 0 Å². The predicted octanol–water partition coefficient (Wildman–Crippen LogP) is 2.89. The Morgan fingerprint density at radius 2 is 1.82 bits per heavy atom. The third kappa shape index (κ3) is 5.60. The average molecular weight is 303 g/mol. The zero-order chi connectivity index (χ0) is 15.8. The Labute approximate surface area is 132 Å². The summed E-state index contributed by atoms with van der Waals surface area (Å²) in [4.78, 5) is 23.8. The van der Waals surface area contributed by atoms with Crippen molar-refractivity contribution in [2.45, 2.75) is 39.0 Å². The average Bonchev–Trinajstić information content (AvgIpc) is 2.54. The Balaban J connectivity index is 1.62. The van der Waals surface area contributed by atoms with Crippen molar-refractivity contribution in [3.63, 3.8) is 0 Å². The van der Waals surface area contributed by atoms with Crippen molar-refractivity contribution in [1.29, 1.82) is 0 Å². The summed E-state index contributed by atoms with van der Waals surface area (Å²) in [6.07, 6.45) is 3.71. The number of amides is 1. The van der Waals surface area contributed by atoms with Crippen LogP contribution in [0.15, 0.2) is 24.3 Å². The molecule has 0 bridgehead atoms. The smallest absolute Gasteiger partial charge is 0.220 e. The lowest BCUT2D eigenvalue weighted by molar-refractivity contribution is -0.121. The molecule has 4 nitrogen and oxygen atoms in total. The number of carbonyl (C=O) groups is 2. The highest BCUT2D eigenvalue weighted by Crippen LogP contribution is 2.17. The minimum atomic E-state index is -0.0347. The van der Waals surface area contributed by atoms with Crippen molar-refractivity contribution in [2.75, 3.05) is 19.8 Å². The molecule has 120 valence electrons. The SMILES string of the molecule is Cc1ccc(C(=O)CCC(=O)NCCC2CCOCC2)cc1. The first-order chi connectivity index (χ1) is 10.6. The molecule has 1 aliphatic heterocycles. The Kier molecular flexibility index (Phi) is 6.59. The number of Topliss-reactive ketones (excluding diaryl/α,β-unsaturated/α-hetero) is 1. The Hall–Kier alpha value is -1.68. The van der Waals surface area contributed by atoms with Crippen molar-refractivity contribution >= 4 is 11.7 Å². The second-order valence-corrected chi connectivity index (χ2v) is 5.98. The first-order valence-corrected chi connectivity index (χ1v) is 8.09. The third-order valence-electron chi connectivity index (χ3n) is 4.17. The second kappa shape index (κ2) is 8.69. The van der Waals surface area contributed by atoms with E-state index in [0.29, 0.717) is 18.0 Å². The van der Waals surface area contributed by atoms with Gasteiger partial charge >= 0.3 is 0 Å². The molecule has 1 aromatic rings. The van der Waals surface area contributed by atoms with Crippen molar-refractivity contribution in [3.05, 3.63) is 35.4 Å². The molecule has 1 aromatic carbocycles. The summed E-state index contributed by atoms with van der Waals surface area (Å²) < 4.78 is 5.32. The van der Waals surface area contributed by atoms with Gasteiger partial charge in [-0.05, 0) is 32.1 Å². The molecule has 0 unspecified atom stereocenters. The molecule has 0 atom stereocenters. The highest BCUT2D eigenvalue weighted by atomic mass is 16.5. The molecule has 22 heavy (non-hydrogen) atoms. The summed E-state index contributed by atoms with van der Waals surface area (Å²) >= 11 is 0. The second-order valence-electron chi connectivity index (χ2n) is 5.98. The molecule has 1 N–H and O–H groups in total. The number of ketones is 1. The van der Waals surface area contributed by atoms with Gasteiger partial charge < -0.3 is 10.1 Å². The van der Waals surface area contributed by atoms with Gasteiger partial charge in [-0.3, -0.25) is 9.59 Å². The highest BCUT2D eigenvalue weighted by Gasteiger charge is 2.14. The van der Waals surface area contributed by atoms with Crippen LogP contribution in [0.3, 0.4) is 0 Å². The molecule has 0 saturated carbocycles. The van der Waals surface area contributed by atoms with E-state index in [-0.39, 0.29) is 24.5 Å². The minimum Gasteiger partial charge on any atom is -0.381 e. The van der Waals surface area contributed by atoms with Crippen molar-refractivity contribution in [3.8, 4) is 0 Å². The Morgan fingerprint density at radius 3 is 2.50 bits per heavy atom. The normalized spacial score (nSPS) is 15.5. The van der Waals surface area contributed by atoms with Crippen LogP contribution in [0.2, 0.25) is 0 Å². The fourth-order valence-electron chi connectivity index (χ4n) is 2.65. The van der Waals surface area contributed by atoms with Crippen LogP contribution in [0, 0.1) is 12.8 Å². The first kappa shape index (κ1) is 16.7. The van der Waals surface area contributed by atoms with Crippen LogP contribution in [0.25, 0.3) is 0 Å². The van der Waals surface area contributed by atoms with E-state index < -0.39 is 0 Å². The van der Waals surface area contributed by atoms with Crippen molar-refractivity contribution < 1.29 is 14.3 Å². The van der Waals surface area contributed by atoms with Gasteiger partial charge in [0.1, 0.15) is 0 Å². The van der Waals surface area contributed by atoms with Gasteiger partial charge in [-0.25, -0.2) is 0 Å². The number of rotatable bonds is 7. The lowest BCUT2D eigenvalue weighted by atomic mass is 9.97. The number of benzene rings is 1. The van der Waals surface area contributed by atoms with Crippen molar-refractivity contribution in [2.24, 2.45) is 5.92 Å². The van der Waals surface area contributed by atoms with Gasteiger partial charge in [0.25, 0.3) is 0 Å². The molecule has 1 saturated heterocycles. The molecular formula is C18H25NO3. The topological polar surface area (TPSA) is 55.4 Å². The monoisotopic (exact) mass is 303 g/mol. The molecular weight excluding hydrogens is 278 g/mol. The van der Waals surface area contributed by atoms with Gasteiger partial charge in [0.2, 0.25) is 5.91 Å². The van der Waals surface area contributed by atoms with Gasteiger partial charge in [0.15, 0.2) is 5.78 Å². The minimum absolute atomic E-state index is 0.0274. The van der Waals surface area contributed by atoms with E-state index in [1.165, 1.54) is 0 Å². The Morgan fingerprint density at radius 1 is 1.14 bits per heavy atom. The van der Waals surface area contributed by atoms with E-state index >= 15 is 0 Å². The quantitative estimate of drug-likeness (QED) is 0.788. The molecule has 0 aromatic heterocycles. The summed E-state index contributed by atoms with van der Waals surface area (Å²) in [7, 11) is 0. The van der Waals surface area contributed by atoms with Crippen LogP contribution in [0.1, 0.15) is 48.0 Å². The van der Waals surface area contributed by atoms with Crippen LogP contribution in [-0.4, -0.2) is 31.4 Å². The number of carbonyl (C=O) groups excluding carboxylic acids is 2. The summed E-state index contributed by atoms with van der Waals surface area (Å²) in [5.74, 6) is 0.648. The molecule has 4 heteroatoms. The lowest BCUT2D eigenvalue weighted by Gasteiger charge is -2.21. The van der Waals surface area contributed by atoms with Gasteiger partial charge in [-0.2, -0.15) is 0 Å². The number of aryl methyl sites for hydroxylation is 1. The van der Waals surface area contributed by atoms with E-state index in [4.69, 9.17) is 4.74 Å². The lowest BCUT2D eigenvalue weighted by Crippen LogP contribution is -2.27. The predicted molar refractivity (Wildman–Crippen MR) is 85.9 cm³/mol. The van der Waals surface area contributed by atoms with Crippen LogP contribution in [0.5, 0.6) is 0 Å². The van der Waals surface area contributed by atoms with E-state index in [0.717, 1.165) is 38.0 Å². The maximum absolute atomic E-state index is 12.0. The molecule has 1 aliphatic rings. The fraction of sp³-hybridized carbons (Fsp3) is 0.556. The van der Waals surface area contributed by atoms with Crippen LogP contribution >= 0.6 is 0 Å². The van der Waals surface area contributed by atoms with E-state index in [1.807, 2.05) is 31.2 Å². The standard InChI is InChI=1S/C18H25NO3/c1-14-2-4-16(5-3-14)17(20)6-7-18(21)19-11-8-15-9-12-22-13-10-15/h2-5,15H,6-13H2,1H3,(H,19,21). The zero-order valence-corrected chi connectivity index (χ0v) is 13.3. The van der Waals surface area contributed by atoms with Crippen LogP contribution < -0.4 is 5.32 Å². The molecule has 1 heterocycles. The Bertz CT molecular complexity index is 490. The molecule has 0 spiro atoms. The number of hydrogen-bond donors (Lipinski definition) is 1. The highest BCUT2D eigenvalue weighted by molar-refractivity contribution is 5.97. The number of nitrogens with one attached hydrogen (secondary N) is 1. The summed E-state index contributed by atoms with van der Waals surface area (Å²) in [5.41, 5.74) is 1.81. The van der Waals surface area contributed by atoms with E-state index in [9.17, 15) is 9.59 Å². The van der Waals surface area contributed by atoms with Gasteiger partial charge in [0, 0.05) is 38.2 Å². The molecule has 2 rings (SSSR count). The van der Waals surface area contributed by atoms with E-state index in [2.05, 4.69) is 5.32 Å². The zero-order valence-electron chi connectivity index (χ0n) is 13.3. The van der Waals surface area contributed by atoms with Gasteiger partial charge in [-0.1, -0.05) is 29.8 Å². The summed E-state index contributed by atoms with van der Waals surface area (Å²) in [6, 6.07) is 7.48. The van der Waals surface area contributed by atoms with Gasteiger partial charge in [-0.15, -0.1) is 0 Å².